The van der Waals surface area contributed by atoms with E-state index in [1.165, 1.54) is 20.1 Å². The first-order valence-corrected chi connectivity index (χ1v) is 4.36. The number of hydrogen-bond acceptors (Lipinski definition) is 4. The molecule has 0 spiro atoms. The molecule has 0 saturated carbocycles. The third-order valence-electron chi connectivity index (χ3n) is 1.87. The maximum absolute atomic E-state index is 12.9. The second-order valence-electron chi connectivity index (χ2n) is 3.30. The van der Waals surface area contributed by atoms with Crippen LogP contribution >= 0.6 is 0 Å². The van der Waals surface area contributed by atoms with E-state index < -0.39 is 11.5 Å². The van der Waals surface area contributed by atoms with Crippen molar-refractivity contribution in [1.82, 2.24) is 0 Å². The molecular formula is C9H17FN2O2. The van der Waals surface area contributed by atoms with Gasteiger partial charge in [-0.3, -0.25) is 4.79 Å². The number of ether oxygens (including phenoxy) is 1. The Morgan fingerprint density at radius 2 is 2.21 bits per heavy atom. The van der Waals surface area contributed by atoms with Gasteiger partial charge in [0.2, 0.25) is 0 Å². The zero-order valence-electron chi connectivity index (χ0n) is 8.55. The average Bonchev–Trinajstić information content (AvgIpc) is 2.14. The van der Waals surface area contributed by atoms with Crippen LogP contribution in [0.5, 0.6) is 0 Å². The smallest absolute Gasteiger partial charge is 0.325 e. The molecule has 0 bridgehead atoms. The largest absolute Gasteiger partial charge is 0.468 e. The van der Waals surface area contributed by atoms with Gasteiger partial charge in [-0.1, -0.05) is 0 Å². The van der Waals surface area contributed by atoms with E-state index in [-0.39, 0.29) is 25.2 Å². The molecule has 82 valence electrons. The monoisotopic (exact) mass is 204 g/mol. The van der Waals surface area contributed by atoms with Crippen molar-refractivity contribution >= 4 is 5.97 Å². The number of carbonyl (C=O) groups is 1. The molecule has 4 nitrogen and oxygen atoms in total. The van der Waals surface area contributed by atoms with Gasteiger partial charge in [-0.15, -0.1) is 0 Å². The summed E-state index contributed by atoms with van der Waals surface area (Å²) in [4.78, 5) is 11.1. The zero-order chi connectivity index (χ0) is 11.2. The standard InChI is InChI=1S/C9H17FN2O2/c1-9(12,8(13)14-2)5-3-7(10)4-6-11/h4H,3,5-6,11-12H2,1-2H3. The highest BCUT2D eigenvalue weighted by molar-refractivity contribution is 5.79. The van der Waals surface area contributed by atoms with Crippen LogP contribution in [0.15, 0.2) is 11.9 Å². The van der Waals surface area contributed by atoms with Crippen LogP contribution in [-0.2, 0) is 9.53 Å². The first-order chi connectivity index (χ1) is 6.44. The van der Waals surface area contributed by atoms with E-state index in [0.29, 0.717) is 0 Å². The topological polar surface area (TPSA) is 78.3 Å². The van der Waals surface area contributed by atoms with Gasteiger partial charge in [-0.05, 0) is 19.4 Å². The molecule has 1 unspecified atom stereocenters. The summed E-state index contributed by atoms with van der Waals surface area (Å²) < 4.78 is 17.4. The zero-order valence-corrected chi connectivity index (χ0v) is 8.55. The highest BCUT2D eigenvalue weighted by atomic mass is 19.1. The van der Waals surface area contributed by atoms with Crippen molar-refractivity contribution < 1.29 is 13.9 Å². The number of carbonyl (C=O) groups excluding carboxylic acids is 1. The summed E-state index contributed by atoms with van der Waals surface area (Å²) in [7, 11) is 1.25. The summed E-state index contributed by atoms with van der Waals surface area (Å²) in [6, 6.07) is 0. The van der Waals surface area contributed by atoms with Crippen LogP contribution in [0, 0.1) is 0 Å². The molecule has 0 fully saturated rings. The Kier molecular flexibility index (Phi) is 5.34. The van der Waals surface area contributed by atoms with E-state index in [9.17, 15) is 9.18 Å². The van der Waals surface area contributed by atoms with Gasteiger partial charge in [0.25, 0.3) is 0 Å². The molecule has 0 saturated heterocycles. The van der Waals surface area contributed by atoms with E-state index in [4.69, 9.17) is 11.5 Å². The number of rotatable bonds is 5. The summed E-state index contributed by atoms with van der Waals surface area (Å²) in [5.41, 5.74) is 9.59. The first kappa shape index (κ1) is 13.1. The fourth-order valence-corrected chi connectivity index (χ4v) is 0.944. The highest BCUT2D eigenvalue weighted by Gasteiger charge is 2.29. The Morgan fingerprint density at radius 3 is 2.64 bits per heavy atom. The van der Waals surface area contributed by atoms with E-state index in [0.717, 1.165) is 0 Å². The van der Waals surface area contributed by atoms with Gasteiger partial charge >= 0.3 is 5.97 Å². The summed E-state index contributed by atoms with van der Waals surface area (Å²) in [5.74, 6) is -0.897. The number of methoxy groups -OCH3 is 1. The van der Waals surface area contributed by atoms with E-state index in [1.807, 2.05) is 0 Å². The van der Waals surface area contributed by atoms with Gasteiger partial charge in [-0.2, -0.15) is 0 Å². The Balaban J connectivity index is 4.11. The van der Waals surface area contributed by atoms with Crippen LogP contribution in [-0.4, -0.2) is 25.2 Å². The third kappa shape index (κ3) is 4.34. The van der Waals surface area contributed by atoms with Crippen molar-refractivity contribution in [2.75, 3.05) is 13.7 Å². The normalized spacial score (nSPS) is 16.2. The molecule has 0 aromatic rings. The van der Waals surface area contributed by atoms with Crippen molar-refractivity contribution in [1.29, 1.82) is 0 Å². The molecule has 0 aromatic carbocycles. The van der Waals surface area contributed by atoms with E-state index in [2.05, 4.69) is 4.74 Å². The molecule has 0 rings (SSSR count). The van der Waals surface area contributed by atoms with Crippen LogP contribution in [0.3, 0.4) is 0 Å². The molecule has 14 heavy (non-hydrogen) atoms. The van der Waals surface area contributed by atoms with Crippen LogP contribution in [0.25, 0.3) is 0 Å². The van der Waals surface area contributed by atoms with Crippen LogP contribution in [0.2, 0.25) is 0 Å². The molecule has 0 aliphatic carbocycles. The van der Waals surface area contributed by atoms with Crippen molar-refractivity contribution in [2.45, 2.75) is 25.3 Å². The average molecular weight is 204 g/mol. The van der Waals surface area contributed by atoms with Crippen molar-refractivity contribution in [3.63, 3.8) is 0 Å². The lowest BCUT2D eigenvalue weighted by atomic mass is 9.97. The molecule has 5 heteroatoms. The number of nitrogens with two attached hydrogens (primary N) is 2. The number of halogens is 1. The van der Waals surface area contributed by atoms with Gasteiger partial charge < -0.3 is 16.2 Å². The Morgan fingerprint density at radius 1 is 1.64 bits per heavy atom. The Labute approximate surface area is 83.1 Å². The predicted molar refractivity (Wildman–Crippen MR) is 52.1 cm³/mol. The summed E-state index contributed by atoms with van der Waals surface area (Å²) in [6.45, 7) is 1.65. The molecule has 0 aliphatic heterocycles. The van der Waals surface area contributed by atoms with Gasteiger partial charge in [0, 0.05) is 13.0 Å². The highest BCUT2D eigenvalue weighted by Crippen LogP contribution is 2.15. The van der Waals surface area contributed by atoms with Crippen LogP contribution < -0.4 is 11.5 Å². The summed E-state index contributed by atoms with van der Waals surface area (Å²) in [6.07, 6.45) is 1.55. The van der Waals surface area contributed by atoms with Gasteiger partial charge in [0.1, 0.15) is 5.54 Å². The number of allylic oxidation sites excluding steroid dienone is 1. The van der Waals surface area contributed by atoms with E-state index in [1.54, 1.807) is 0 Å². The van der Waals surface area contributed by atoms with Gasteiger partial charge in [0.15, 0.2) is 0 Å². The lowest BCUT2D eigenvalue weighted by molar-refractivity contribution is -0.146. The van der Waals surface area contributed by atoms with Crippen molar-refractivity contribution in [2.24, 2.45) is 11.5 Å². The first-order valence-electron chi connectivity index (χ1n) is 4.36. The number of hydrogen-bond donors (Lipinski definition) is 2. The fourth-order valence-electron chi connectivity index (χ4n) is 0.944. The molecule has 0 heterocycles. The molecule has 1 atom stereocenters. The second kappa shape index (κ2) is 5.72. The summed E-state index contributed by atoms with van der Waals surface area (Å²) in [5, 5.41) is 0. The van der Waals surface area contributed by atoms with Crippen molar-refractivity contribution in [3.05, 3.63) is 11.9 Å². The Bertz CT molecular complexity index is 227. The maximum atomic E-state index is 12.9. The predicted octanol–water partition coefficient (Wildman–Crippen LogP) is 0.469. The van der Waals surface area contributed by atoms with Crippen molar-refractivity contribution in [3.8, 4) is 0 Å². The maximum Gasteiger partial charge on any atom is 0.325 e. The molecule has 0 radical (unpaired) electrons. The van der Waals surface area contributed by atoms with Crippen LogP contribution in [0.1, 0.15) is 19.8 Å². The fraction of sp³-hybridized carbons (Fsp3) is 0.667. The minimum atomic E-state index is -1.14. The van der Waals surface area contributed by atoms with Gasteiger partial charge in [-0.25, -0.2) is 4.39 Å². The summed E-state index contributed by atoms with van der Waals surface area (Å²) >= 11 is 0. The lowest BCUT2D eigenvalue weighted by Crippen LogP contribution is -2.45. The lowest BCUT2D eigenvalue weighted by Gasteiger charge is -2.20. The molecule has 4 N–H and O–H groups in total. The molecule has 0 aliphatic rings. The Hall–Kier alpha value is -0.940. The molecular weight excluding hydrogens is 187 g/mol. The second-order valence-corrected chi connectivity index (χ2v) is 3.30. The SMILES string of the molecule is COC(=O)C(C)(N)CCC(F)=CCN. The van der Waals surface area contributed by atoms with Crippen LogP contribution in [0.4, 0.5) is 4.39 Å². The molecule has 0 amide bonds. The minimum absolute atomic E-state index is 0.0965. The van der Waals surface area contributed by atoms with E-state index >= 15 is 0 Å². The quantitative estimate of drug-likeness (QED) is 0.638. The number of esters is 1. The third-order valence-corrected chi connectivity index (χ3v) is 1.87. The minimum Gasteiger partial charge on any atom is -0.468 e. The van der Waals surface area contributed by atoms with Gasteiger partial charge in [0.05, 0.1) is 12.9 Å². The molecule has 0 aromatic heterocycles.